The van der Waals surface area contributed by atoms with Crippen molar-refractivity contribution in [2.75, 3.05) is 5.84 Å². The molecule has 0 aliphatic carbocycles. The second kappa shape index (κ2) is 5.20. The average Bonchev–Trinajstić information content (AvgIpc) is 3.14. The topological polar surface area (TPSA) is 78.4 Å². The number of aryl methyl sites for hydroxylation is 1. The van der Waals surface area contributed by atoms with Crippen LogP contribution in [0.4, 0.5) is 0 Å². The Morgan fingerprint density at radius 1 is 1.17 bits per heavy atom. The third-order valence-corrected chi connectivity index (χ3v) is 3.87. The molecule has 0 aliphatic rings. The van der Waals surface area contributed by atoms with Gasteiger partial charge in [-0.1, -0.05) is 35.5 Å². The first kappa shape index (κ1) is 13.4. The SMILES string of the molecule is Cn1nnc2ccc(-c3ccccc3Cn3c[n+](N)cn3)cc21. The number of benzene rings is 2. The molecular formula is C16H16N7+. The maximum absolute atomic E-state index is 5.67. The maximum Gasteiger partial charge on any atom is 0.286 e. The lowest BCUT2D eigenvalue weighted by Crippen LogP contribution is -2.42. The summed E-state index contributed by atoms with van der Waals surface area (Å²) in [4.78, 5) is 0. The second-order valence-corrected chi connectivity index (χ2v) is 5.46. The van der Waals surface area contributed by atoms with Crippen LogP contribution in [0.3, 0.4) is 0 Å². The predicted octanol–water partition coefficient (Wildman–Crippen LogP) is 0.881. The van der Waals surface area contributed by atoms with E-state index in [9.17, 15) is 0 Å². The zero-order valence-corrected chi connectivity index (χ0v) is 12.7. The molecule has 0 radical (unpaired) electrons. The minimum Gasteiger partial charge on any atom is -0.289 e. The lowest BCUT2D eigenvalue weighted by Gasteiger charge is -2.08. The van der Waals surface area contributed by atoms with Crippen molar-refractivity contribution in [2.45, 2.75) is 6.54 Å². The van der Waals surface area contributed by atoms with E-state index >= 15 is 0 Å². The van der Waals surface area contributed by atoms with E-state index in [0.717, 1.165) is 22.2 Å². The summed E-state index contributed by atoms with van der Waals surface area (Å²) in [7, 11) is 1.90. The van der Waals surface area contributed by atoms with Crippen LogP contribution in [0.2, 0.25) is 0 Å². The third-order valence-electron chi connectivity index (χ3n) is 3.87. The molecule has 0 aliphatic heterocycles. The monoisotopic (exact) mass is 306 g/mol. The molecule has 23 heavy (non-hydrogen) atoms. The van der Waals surface area contributed by atoms with Crippen LogP contribution >= 0.6 is 0 Å². The number of rotatable bonds is 3. The second-order valence-electron chi connectivity index (χ2n) is 5.46. The Labute approximate surface area is 132 Å². The van der Waals surface area contributed by atoms with Crippen molar-refractivity contribution >= 4 is 11.0 Å². The van der Waals surface area contributed by atoms with Gasteiger partial charge in [0.05, 0.1) is 5.52 Å². The van der Waals surface area contributed by atoms with E-state index in [1.54, 1.807) is 17.3 Å². The van der Waals surface area contributed by atoms with Crippen molar-refractivity contribution in [1.29, 1.82) is 0 Å². The van der Waals surface area contributed by atoms with Crippen molar-refractivity contribution in [3.8, 4) is 11.1 Å². The molecule has 0 fully saturated rings. The Morgan fingerprint density at radius 2 is 2.04 bits per heavy atom. The van der Waals surface area contributed by atoms with E-state index < -0.39 is 0 Å². The van der Waals surface area contributed by atoms with Crippen LogP contribution in [0.1, 0.15) is 5.56 Å². The lowest BCUT2D eigenvalue weighted by atomic mass is 9.99. The van der Waals surface area contributed by atoms with Crippen molar-refractivity contribution in [1.82, 2.24) is 24.8 Å². The molecule has 7 heteroatoms. The summed E-state index contributed by atoms with van der Waals surface area (Å²) < 4.78 is 5.03. The highest BCUT2D eigenvalue weighted by atomic mass is 15.4. The van der Waals surface area contributed by atoms with Crippen LogP contribution in [0, 0.1) is 0 Å². The van der Waals surface area contributed by atoms with Gasteiger partial charge in [0.15, 0.2) is 0 Å². The molecule has 0 bridgehead atoms. The average molecular weight is 306 g/mol. The first-order chi connectivity index (χ1) is 11.2. The minimum absolute atomic E-state index is 0.655. The maximum atomic E-state index is 5.67. The van der Waals surface area contributed by atoms with E-state index in [-0.39, 0.29) is 0 Å². The summed E-state index contributed by atoms with van der Waals surface area (Å²) in [5, 5.41) is 12.4. The Kier molecular flexibility index (Phi) is 3.04. The van der Waals surface area contributed by atoms with E-state index in [1.165, 1.54) is 10.2 Å². The van der Waals surface area contributed by atoms with Crippen LogP contribution in [0.15, 0.2) is 55.1 Å². The van der Waals surface area contributed by atoms with Crippen molar-refractivity contribution in [3.63, 3.8) is 0 Å². The molecule has 0 atom stereocenters. The van der Waals surface area contributed by atoms with Gasteiger partial charge < -0.3 is 0 Å². The molecule has 4 rings (SSSR count). The Morgan fingerprint density at radius 3 is 2.87 bits per heavy atom. The third kappa shape index (κ3) is 2.42. The van der Waals surface area contributed by atoms with E-state index in [1.807, 2.05) is 29.9 Å². The van der Waals surface area contributed by atoms with Gasteiger partial charge in [0.25, 0.3) is 6.33 Å². The van der Waals surface area contributed by atoms with Gasteiger partial charge in [0.2, 0.25) is 6.33 Å². The largest absolute Gasteiger partial charge is 0.289 e. The molecule has 2 N–H and O–H groups in total. The fourth-order valence-corrected chi connectivity index (χ4v) is 2.73. The summed E-state index contributed by atoms with van der Waals surface area (Å²) in [6.45, 7) is 0.655. The highest BCUT2D eigenvalue weighted by Gasteiger charge is 2.11. The first-order valence-electron chi connectivity index (χ1n) is 7.27. The van der Waals surface area contributed by atoms with Gasteiger partial charge in [-0.15, -0.1) is 14.5 Å². The quantitative estimate of drug-likeness (QED) is 0.450. The van der Waals surface area contributed by atoms with Gasteiger partial charge >= 0.3 is 0 Å². The molecule has 0 saturated heterocycles. The fraction of sp³-hybridized carbons (Fsp3) is 0.125. The number of fused-ring (bicyclic) bond motifs is 1. The normalized spacial score (nSPS) is 11.2. The molecular weight excluding hydrogens is 290 g/mol. The Bertz CT molecular complexity index is 983. The number of nitrogens with two attached hydrogens (primary N) is 1. The van der Waals surface area contributed by atoms with Gasteiger partial charge in [-0.2, -0.15) is 0 Å². The van der Waals surface area contributed by atoms with Crippen molar-refractivity contribution in [2.24, 2.45) is 7.05 Å². The summed E-state index contributed by atoms with van der Waals surface area (Å²) in [6, 6.07) is 14.5. The standard InChI is InChI=1S/C16H16N7/c1-21-16-8-12(6-7-15(16)19-20-21)14-5-3-2-4-13(14)9-23-11-22(17)10-18-23/h2-8,10-11H,9,17H2,1H3/q+1. The van der Waals surface area contributed by atoms with Gasteiger partial charge in [-0.3, -0.25) is 5.84 Å². The molecule has 114 valence electrons. The summed E-state index contributed by atoms with van der Waals surface area (Å²) >= 11 is 0. The highest BCUT2D eigenvalue weighted by Crippen LogP contribution is 2.26. The molecule has 0 unspecified atom stereocenters. The van der Waals surface area contributed by atoms with Gasteiger partial charge in [-0.25, -0.2) is 4.68 Å². The van der Waals surface area contributed by atoms with Crippen molar-refractivity contribution in [3.05, 3.63) is 60.7 Å². The number of nitrogens with zero attached hydrogens (tertiary/aromatic N) is 6. The molecule has 0 amide bonds. The minimum atomic E-state index is 0.655. The highest BCUT2D eigenvalue weighted by molar-refractivity contribution is 5.82. The van der Waals surface area contributed by atoms with Gasteiger partial charge in [-0.05, 0) is 28.8 Å². The van der Waals surface area contributed by atoms with E-state index in [4.69, 9.17) is 5.84 Å². The smallest absolute Gasteiger partial charge is 0.286 e. The predicted molar refractivity (Wildman–Crippen MR) is 85.6 cm³/mol. The van der Waals surface area contributed by atoms with Crippen molar-refractivity contribution < 1.29 is 4.68 Å². The van der Waals surface area contributed by atoms with E-state index in [2.05, 4.69) is 39.7 Å². The zero-order valence-electron chi connectivity index (χ0n) is 12.7. The van der Waals surface area contributed by atoms with Crippen LogP contribution in [-0.2, 0) is 13.6 Å². The Hall–Kier alpha value is -3.22. The van der Waals surface area contributed by atoms with Gasteiger partial charge in [0.1, 0.15) is 12.1 Å². The van der Waals surface area contributed by atoms with Crippen LogP contribution in [-0.4, -0.2) is 24.8 Å². The lowest BCUT2D eigenvalue weighted by molar-refractivity contribution is -0.639. The molecule has 4 aromatic rings. The molecule has 2 heterocycles. The van der Waals surface area contributed by atoms with Crippen LogP contribution < -0.4 is 10.5 Å². The number of hydrogen-bond donors (Lipinski definition) is 1. The molecule has 0 spiro atoms. The Balaban J connectivity index is 1.79. The summed E-state index contributed by atoms with van der Waals surface area (Å²) in [5.74, 6) is 5.67. The summed E-state index contributed by atoms with van der Waals surface area (Å²) in [6.07, 6.45) is 3.33. The zero-order chi connectivity index (χ0) is 15.8. The van der Waals surface area contributed by atoms with E-state index in [0.29, 0.717) is 6.54 Å². The van der Waals surface area contributed by atoms with Crippen LogP contribution in [0.5, 0.6) is 0 Å². The molecule has 7 nitrogen and oxygen atoms in total. The number of nitrogen functional groups attached to an aromatic ring is 1. The number of hydrogen-bond acceptors (Lipinski definition) is 4. The molecule has 2 aromatic carbocycles. The number of aromatic nitrogens is 6. The molecule has 2 aromatic heterocycles. The first-order valence-corrected chi connectivity index (χ1v) is 7.27. The summed E-state index contributed by atoms with van der Waals surface area (Å²) in [5.41, 5.74) is 5.37. The van der Waals surface area contributed by atoms with Crippen LogP contribution in [0.25, 0.3) is 22.2 Å². The fourth-order valence-electron chi connectivity index (χ4n) is 2.73. The molecule has 0 saturated carbocycles. The van der Waals surface area contributed by atoms with Gasteiger partial charge in [0, 0.05) is 12.1 Å².